The molecule has 3 nitrogen and oxygen atoms in total. The van der Waals surface area contributed by atoms with Gasteiger partial charge in [-0.25, -0.2) is 0 Å². The number of amides is 1. The highest BCUT2D eigenvalue weighted by atomic mass is 79.9. The number of nitrogens with zero attached hydrogens (tertiary/aromatic N) is 1. The molecule has 0 saturated carbocycles. The topological polar surface area (TPSA) is 52.9 Å². The quantitative estimate of drug-likeness (QED) is 0.867. The Morgan fingerprint density at radius 3 is 2.53 bits per heavy atom. The van der Waals surface area contributed by atoms with Gasteiger partial charge in [0, 0.05) is 4.88 Å². The molecule has 1 aromatic rings. The summed E-state index contributed by atoms with van der Waals surface area (Å²) in [4.78, 5) is 12.7. The van der Waals surface area contributed by atoms with E-state index < -0.39 is 0 Å². The maximum atomic E-state index is 11.9. The standard InChI is InChI=1S/C12H15BrN2OS/c1-6(2)10(13)11(16)15-12-9(5-14)7(3)8(4)17-12/h6,10H,1-4H3,(H,15,16). The first-order valence-corrected chi connectivity index (χ1v) is 7.06. The third-order valence-electron chi connectivity index (χ3n) is 2.57. The minimum absolute atomic E-state index is 0.0993. The highest BCUT2D eigenvalue weighted by Gasteiger charge is 2.21. The molecule has 1 atom stereocenters. The zero-order valence-electron chi connectivity index (χ0n) is 10.3. The van der Waals surface area contributed by atoms with E-state index in [0.717, 1.165) is 10.4 Å². The maximum Gasteiger partial charge on any atom is 0.239 e. The molecule has 17 heavy (non-hydrogen) atoms. The number of halogens is 1. The monoisotopic (exact) mass is 314 g/mol. The lowest BCUT2D eigenvalue weighted by Gasteiger charge is -2.12. The summed E-state index contributed by atoms with van der Waals surface area (Å²) in [7, 11) is 0. The Morgan fingerprint density at radius 1 is 1.47 bits per heavy atom. The molecule has 0 spiro atoms. The van der Waals surface area contributed by atoms with Crippen LogP contribution in [0.25, 0.3) is 0 Å². The van der Waals surface area contributed by atoms with E-state index in [9.17, 15) is 4.79 Å². The second kappa shape index (κ2) is 5.65. The molecular weight excluding hydrogens is 300 g/mol. The van der Waals surface area contributed by atoms with Gasteiger partial charge in [0.05, 0.1) is 10.4 Å². The van der Waals surface area contributed by atoms with Gasteiger partial charge in [-0.3, -0.25) is 4.79 Å². The summed E-state index contributed by atoms with van der Waals surface area (Å²) in [6.45, 7) is 7.78. The van der Waals surface area contributed by atoms with Gasteiger partial charge >= 0.3 is 0 Å². The van der Waals surface area contributed by atoms with Gasteiger partial charge in [-0.05, 0) is 25.3 Å². The lowest BCUT2D eigenvalue weighted by Crippen LogP contribution is -2.26. The van der Waals surface area contributed by atoms with E-state index in [-0.39, 0.29) is 16.7 Å². The molecule has 1 rings (SSSR count). The summed E-state index contributed by atoms with van der Waals surface area (Å²) in [6, 6.07) is 2.14. The summed E-state index contributed by atoms with van der Waals surface area (Å²) in [5.74, 6) is 0.112. The summed E-state index contributed by atoms with van der Waals surface area (Å²) in [5, 5.41) is 12.5. The van der Waals surface area contributed by atoms with Crippen LogP contribution in [0.5, 0.6) is 0 Å². The maximum absolute atomic E-state index is 11.9. The van der Waals surface area contributed by atoms with Crippen LogP contribution in [0.3, 0.4) is 0 Å². The summed E-state index contributed by atoms with van der Waals surface area (Å²) >= 11 is 4.79. The first kappa shape index (κ1) is 14.2. The first-order chi connectivity index (χ1) is 7.88. The van der Waals surface area contributed by atoms with Gasteiger partial charge in [0.2, 0.25) is 5.91 Å². The van der Waals surface area contributed by atoms with Crippen LogP contribution < -0.4 is 5.32 Å². The zero-order chi connectivity index (χ0) is 13.2. The average Bonchev–Trinajstić information content (AvgIpc) is 2.53. The van der Waals surface area contributed by atoms with Crippen molar-refractivity contribution in [3.05, 3.63) is 16.0 Å². The second-order valence-corrected chi connectivity index (χ2v) is 6.45. The zero-order valence-corrected chi connectivity index (χ0v) is 12.7. The molecule has 0 aliphatic rings. The van der Waals surface area contributed by atoms with Crippen molar-refractivity contribution in [2.45, 2.75) is 32.5 Å². The van der Waals surface area contributed by atoms with E-state index in [1.807, 2.05) is 27.7 Å². The summed E-state index contributed by atoms with van der Waals surface area (Å²) < 4.78 is 0. The van der Waals surface area contributed by atoms with E-state index in [4.69, 9.17) is 5.26 Å². The fourth-order valence-electron chi connectivity index (χ4n) is 1.33. The molecule has 0 radical (unpaired) electrons. The number of carbonyl (C=O) groups excluding carboxylic acids is 1. The smallest absolute Gasteiger partial charge is 0.239 e. The number of thiophene rings is 1. The van der Waals surface area contributed by atoms with Gasteiger partial charge < -0.3 is 5.32 Å². The largest absolute Gasteiger partial charge is 0.316 e. The van der Waals surface area contributed by atoms with Crippen molar-refractivity contribution in [2.75, 3.05) is 5.32 Å². The molecular formula is C12H15BrN2OS. The third-order valence-corrected chi connectivity index (χ3v) is 5.17. The first-order valence-electron chi connectivity index (χ1n) is 5.33. The Kier molecular flexibility index (Phi) is 4.72. The average molecular weight is 315 g/mol. The number of carbonyl (C=O) groups is 1. The molecule has 1 unspecified atom stereocenters. The predicted octanol–water partition coefficient (Wildman–Crippen LogP) is 3.59. The number of alkyl halides is 1. The molecule has 0 saturated heterocycles. The van der Waals surface area contributed by atoms with Gasteiger partial charge in [0.15, 0.2) is 0 Å². The predicted molar refractivity (Wildman–Crippen MR) is 74.7 cm³/mol. The summed E-state index contributed by atoms with van der Waals surface area (Å²) in [6.07, 6.45) is 0. The Balaban J connectivity index is 2.94. The Morgan fingerprint density at radius 2 is 2.06 bits per heavy atom. The van der Waals surface area contributed by atoms with Crippen LogP contribution in [0.15, 0.2) is 0 Å². The Hall–Kier alpha value is -0.860. The van der Waals surface area contributed by atoms with E-state index in [1.54, 1.807) is 0 Å². The fourth-order valence-corrected chi connectivity index (χ4v) is 2.46. The van der Waals surface area contributed by atoms with Crippen molar-refractivity contribution < 1.29 is 4.79 Å². The van der Waals surface area contributed by atoms with Crippen LogP contribution in [-0.4, -0.2) is 10.7 Å². The number of nitrogens with one attached hydrogen (secondary N) is 1. The lowest BCUT2D eigenvalue weighted by atomic mass is 10.1. The van der Waals surface area contributed by atoms with Crippen LogP contribution in [0.4, 0.5) is 5.00 Å². The molecule has 1 aromatic heterocycles. The van der Waals surface area contributed by atoms with E-state index >= 15 is 0 Å². The molecule has 5 heteroatoms. The minimum atomic E-state index is -0.239. The van der Waals surface area contributed by atoms with Gasteiger partial charge in [0.25, 0.3) is 0 Å². The fraction of sp³-hybridized carbons (Fsp3) is 0.500. The molecule has 1 heterocycles. The number of anilines is 1. The molecule has 0 fully saturated rings. The number of rotatable bonds is 3. The number of hydrogen-bond acceptors (Lipinski definition) is 3. The van der Waals surface area contributed by atoms with Crippen molar-refractivity contribution >= 4 is 38.2 Å². The molecule has 0 aliphatic carbocycles. The van der Waals surface area contributed by atoms with Crippen molar-refractivity contribution in [3.8, 4) is 6.07 Å². The van der Waals surface area contributed by atoms with Crippen LogP contribution in [0.1, 0.15) is 29.9 Å². The lowest BCUT2D eigenvalue weighted by molar-refractivity contribution is -0.116. The van der Waals surface area contributed by atoms with Gasteiger partial charge in [-0.15, -0.1) is 11.3 Å². The third kappa shape index (κ3) is 3.08. The van der Waals surface area contributed by atoms with Gasteiger partial charge in [0.1, 0.15) is 11.1 Å². The highest BCUT2D eigenvalue weighted by Crippen LogP contribution is 2.32. The minimum Gasteiger partial charge on any atom is -0.316 e. The molecule has 0 bridgehead atoms. The van der Waals surface area contributed by atoms with Crippen LogP contribution in [0.2, 0.25) is 0 Å². The molecule has 1 N–H and O–H groups in total. The molecule has 92 valence electrons. The van der Waals surface area contributed by atoms with Crippen LogP contribution >= 0.6 is 27.3 Å². The van der Waals surface area contributed by atoms with Crippen LogP contribution in [-0.2, 0) is 4.79 Å². The van der Waals surface area contributed by atoms with E-state index in [0.29, 0.717) is 10.6 Å². The Bertz CT molecular complexity index is 474. The van der Waals surface area contributed by atoms with Crippen LogP contribution in [0, 0.1) is 31.1 Å². The Labute approximate surface area is 114 Å². The van der Waals surface area contributed by atoms with E-state index in [2.05, 4.69) is 27.3 Å². The van der Waals surface area contributed by atoms with Gasteiger partial charge in [-0.2, -0.15) is 5.26 Å². The van der Waals surface area contributed by atoms with Crippen molar-refractivity contribution in [3.63, 3.8) is 0 Å². The number of aryl methyl sites for hydroxylation is 1. The van der Waals surface area contributed by atoms with Crippen molar-refractivity contribution in [1.29, 1.82) is 5.26 Å². The number of nitriles is 1. The van der Waals surface area contributed by atoms with Crippen molar-refractivity contribution in [2.24, 2.45) is 5.92 Å². The van der Waals surface area contributed by atoms with Gasteiger partial charge in [-0.1, -0.05) is 29.8 Å². The summed E-state index contributed by atoms with van der Waals surface area (Å²) in [5.41, 5.74) is 1.52. The van der Waals surface area contributed by atoms with Crippen molar-refractivity contribution in [1.82, 2.24) is 0 Å². The second-order valence-electron chi connectivity index (χ2n) is 4.23. The molecule has 0 aromatic carbocycles. The molecule has 0 aliphatic heterocycles. The van der Waals surface area contributed by atoms with E-state index in [1.165, 1.54) is 11.3 Å². The normalized spacial score (nSPS) is 12.3. The SMILES string of the molecule is Cc1sc(NC(=O)C(Br)C(C)C)c(C#N)c1C. The number of hydrogen-bond donors (Lipinski definition) is 1. The highest BCUT2D eigenvalue weighted by molar-refractivity contribution is 9.10. The molecule has 1 amide bonds.